The number of rotatable bonds is 3. The van der Waals surface area contributed by atoms with Crippen LogP contribution in [0, 0.1) is 11.7 Å². The van der Waals surface area contributed by atoms with Crippen LogP contribution in [0.25, 0.3) is 11.3 Å². The van der Waals surface area contributed by atoms with Crippen molar-refractivity contribution in [2.75, 3.05) is 20.1 Å². The van der Waals surface area contributed by atoms with Gasteiger partial charge in [0.25, 0.3) is 0 Å². The highest BCUT2D eigenvalue weighted by molar-refractivity contribution is 6.30. The quantitative estimate of drug-likeness (QED) is 0.658. The molecule has 4 rings (SSSR count). The third-order valence-corrected chi connectivity index (χ3v) is 6.01. The largest absolute Gasteiger partial charge is 0.342 e. The van der Waals surface area contributed by atoms with Gasteiger partial charge in [0, 0.05) is 49.7 Å². The highest BCUT2D eigenvalue weighted by Gasteiger charge is 2.29. The van der Waals surface area contributed by atoms with Crippen molar-refractivity contribution in [3.05, 3.63) is 89.6 Å². The number of aromatic nitrogens is 1. The zero-order chi connectivity index (χ0) is 21.3. The summed E-state index contributed by atoms with van der Waals surface area (Å²) in [6, 6.07) is 8.71. The number of hydrogen-bond acceptors (Lipinski definition) is 4. The summed E-state index contributed by atoms with van der Waals surface area (Å²) in [6.45, 7) is 10.2. The van der Waals surface area contributed by atoms with Crippen LogP contribution in [0.2, 0.25) is 5.02 Å². The number of likely N-dealkylation sites (N-methyl/N-ethyl adjacent to an activating group) is 1. The number of guanidine groups is 1. The summed E-state index contributed by atoms with van der Waals surface area (Å²) in [5.41, 5.74) is 4.63. The van der Waals surface area contributed by atoms with Gasteiger partial charge in [-0.1, -0.05) is 30.8 Å². The van der Waals surface area contributed by atoms with Crippen LogP contribution < -0.4 is 0 Å². The summed E-state index contributed by atoms with van der Waals surface area (Å²) < 4.78 is 13.6. The smallest absolute Gasteiger partial charge is 0.206 e. The minimum atomic E-state index is -0.411. The van der Waals surface area contributed by atoms with Gasteiger partial charge in [0.15, 0.2) is 0 Å². The van der Waals surface area contributed by atoms with Crippen molar-refractivity contribution >= 4 is 28.8 Å². The van der Waals surface area contributed by atoms with Crippen molar-refractivity contribution in [2.45, 2.75) is 12.8 Å². The molecular formula is C24H24ClFN4. The second-order valence-electron chi connectivity index (χ2n) is 7.67. The number of hydrogen-bond donors (Lipinski definition) is 0. The lowest BCUT2D eigenvalue weighted by molar-refractivity contribution is 0.275. The molecule has 154 valence electrons. The molecule has 0 N–H and O–H groups in total. The molecular weight excluding hydrogens is 399 g/mol. The van der Waals surface area contributed by atoms with Crippen LogP contribution in [0.5, 0.6) is 0 Å². The van der Waals surface area contributed by atoms with E-state index in [2.05, 4.69) is 23.0 Å². The van der Waals surface area contributed by atoms with Crippen molar-refractivity contribution in [1.29, 1.82) is 0 Å². The molecule has 6 heteroatoms. The molecule has 1 atom stereocenters. The maximum absolute atomic E-state index is 13.6. The summed E-state index contributed by atoms with van der Waals surface area (Å²) in [6.07, 6.45) is 7.56. The minimum absolute atomic E-state index is 0.126. The van der Waals surface area contributed by atoms with Crippen LogP contribution in [-0.4, -0.2) is 40.9 Å². The maximum Gasteiger partial charge on any atom is 0.206 e. The molecule has 30 heavy (non-hydrogen) atoms. The van der Waals surface area contributed by atoms with E-state index in [1.54, 1.807) is 24.5 Å². The first-order valence-corrected chi connectivity index (χ1v) is 10.3. The topological polar surface area (TPSA) is 31.7 Å². The van der Waals surface area contributed by atoms with Crippen LogP contribution in [-0.2, 0) is 0 Å². The van der Waals surface area contributed by atoms with Crippen molar-refractivity contribution in [1.82, 2.24) is 14.8 Å². The Morgan fingerprint density at radius 2 is 2.00 bits per heavy atom. The van der Waals surface area contributed by atoms with E-state index in [1.165, 1.54) is 6.07 Å². The SMILES string of the molecule is C=C(c1ccc(F)c(Cl)c1)C1CCCN(C2=NC(c3ccncc3)=CC(=C)N2C)C1. The van der Waals surface area contributed by atoms with Gasteiger partial charge in [-0.05, 0) is 54.3 Å². The normalized spacial score (nSPS) is 19.4. The van der Waals surface area contributed by atoms with Gasteiger partial charge in [-0.3, -0.25) is 4.98 Å². The first-order valence-electron chi connectivity index (χ1n) is 9.96. The van der Waals surface area contributed by atoms with E-state index in [1.807, 2.05) is 30.2 Å². The predicted molar refractivity (Wildman–Crippen MR) is 121 cm³/mol. The predicted octanol–water partition coefficient (Wildman–Crippen LogP) is 5.46. The number of benzene rings is 1. The Morgan fingerprint density at radius 3 is 2.73 bits per heavy atom. The molecule has 0 amide bonds. The van der Waals surface area contributed by atoms with E-state index in [0.717, 1.165) is 60.0 Å². The second kappa shape index (κ2) is 8.44. The highest BCUT2D eigenvalue weighted by atomic mass is 35.5. The number of halogens is 2. The number of nitrogens with zero attached hydrogens (tertiary/aromatic N) is 4. The van der Waals surface area contributed by atoms with Crippen molar-refractivity contribution in [2.24, 2.45) is 10.9 Å². The molecule has 1 aromatic carbocycles. The lowest BCUT2D eigenvalue weighted by Crippen LogP contribution is -2.47. The molecule has 1 fully saturated rings. The number of pyridine rings is 1. The average Bonchev–Trinajstić information content (AvgIpc) is 2.77. The third-order valence-electron chi connectivity index (χ3n) is 5.72. The van der Waals surface area contributed by atoms with E-state index in [4.69, 9.17) is 16.6 Å². The van der Waals surface area contributed by atoms with Gasteiger partial charge in [-0.25, -0.2) is 9.38 Å². The Kier molecular flexibility index (Phi) is 5.73. The van der Waals surface area contributed by atoms with E-state index < -0.39 is 5.82 Å². The molecule has 1 saturated heterocycles. The van der Waals surface area contributed by atoms with Gasteiger partial charge >= 0.3 is 0 Å². The molecule has 1 unspecified atom stereocenters. The standard InChI is InChI=1S/C24H24ClFN4/c1-16-13-23(18-8-10-27-11-9-18)28-24(29(16)3)30-12-4-5-20(15-30)17(2)19-6-7-22(26)21(25)14-19/h6-11,13-14,20H,1-2,4-5,12,15H2,3H3. The summed E-state index contributed by atoms with van der Waals surface area (Å²) in [5, 5.41) is 0.126. The third kappa shape index (κ3) is 4.03. The number of likely N-dealkylation sites (tertiary alicyclic amines) is 1. The van der Waals surface area contributed by atoms with Crippen LogP contribution >= 0.6 is 11.6 Å². The maximum atomic E-state index is 13.6. The molecule has 4 nitrogen and oxygen atoms in total. The first kappa shape index (κ1) is 20.4. The van der Waals surface area contributed by atoms with Crippen molar-refractivity contribution in [3.8, 4) is 0 Å². The zero-order valence-electron chi connectivity index (χ0n) is 17.0. The van der Waals surface area contributed by atoms with Crippen LogP contribution in [0.15, 0.2) is 72.6 Å². The average molecular weight is 423 g/mol. The van der Waals surface area contributed by atoms with Gasteiger partial charge in [0.05, 0.1) is 10.7 Å². The molecule has 0 bridgehead atoms. The summed E-state index contributed by atoms with van der Waals surface area (Å²) in [4.78, 5) is 13.3. The Hall–Kier alpha value is -2.92. The molecule has 0 saturated carbocycles. The fraction of sp³-hybridized carbons (Fsp3) is 0.250. The van der Waals surface area contributed by atoms with Crippen molar-refractivity contribution < 1.29 is 4.39 Å². The van der Waals surface area contributed by atoms with Gasteiger partial charge in [0.1, 0.15) is 5.82 Å². The van der Waals surface area contributed by atoms with Crippen LogP contribution in [0.1, 0.15) is 24.0 Å². The highest BCUT2D eigenvalue weighted by Crippen LogP contribution is 2.33. The molecule has 1 aromatic heterocycles. The van der Waals surface area contributed by atoms with Gasteiger partial charge in [-0.15, -0.1) is 0 Å². The summed E-state index contributed by atoms with van der Waals surface area (Å²) >= 11 is 5.98. The molecule has 2 aromatic rings. The molecule has 2 aliphatic rings. The number of allylic oxidation sites excluding steroid dienone is 1. The van der Waals surface area contributed by atoms with E-state index in [0.29, 0.717) is 0 Å². The number of aliphatic imine (C=N–C) groups is 1. The summed E-state index contributed by atoms with van der Waals surface area (Å²) in [5.74, 6) is 0.703. The Bertz CT molecular complexity index is 1040. The minimum Gasteiger partial charge on any atom is -0.342 e. The monoisotopic (exact) mass is 422 g/mol. The zero-order valence-corrected chi connectivity index (χ0v) is 17.7. The van der Waals surface area contributed by atoms with Crippen LogP contribution in [0.3, 0.4) is 0 Å². The molecule has 0 aliphatic carbocycles. The van der Waals surface area contributed by atoms with Gasteiger partial charge in [0.2, 0.25) is 5.96 Å². The fourth-order valence-electron chi connectivity index (χ4n) is 3.93. The first-order chi connectivity index (χ1) is 14.4. The Morgan fingerprint density at radius 1 is 1.23 bits per heavy atom. The number of piperidine rings is 1. The van der Waals surface area contributed by atoms with Crippen LogP contribution in [0.4, 0.5) is 4.39 Å². The second-order valence-corrected chi connectivity index (χ2v) is 8.07. The van der Waals surface area contributed by atoms with Gasteiger partial charge < -0.3 is 9.80 Å². The molecule has 0 spiro atoms. The Balaban J connectivity index is 1.58. The lowest BCUT2D eigenvalue weighted by Gasteiger charge is -2.40. The van der Waals surface area contributed by atoms with E-state index in [-0.39, 0.29) is 10.9 Å². The fourth-order valence-corrected chi connectivity index (χ4v) is 4.11. The molecule has 3 heterocycles. The molecule has 0 radical (unpaired) electrons. The van der Waals surface area contributed by atoms with E-state index >= 15 is 0 Å². The summed E-state index contributed by atoms with van der Waals surface area (Å²) in [7, 11) is 1.99. The van der Waals surface area contributed by atoms with E-state index in [9.17, 15) is 4.39 Å². The van der Waals surface area contributed by atoms with Crippen molar-refractivity contribution in [3.63, 3.8) is 0 Å². The lowest BCUT2D eigenvalue weighted by atomic mass is 9.87. The molecule has 2 aliphatic heterocycles. The van der Waals surface area contributed by atoms with Gasteiger partial charge in [-0.2, -0.15) is 0 Å². The Labute approximate surface area is 181 Å².